The van der Waals surface area contributed by atoms with Gasteiger partial charge in [0, 0.05) is 12.6 Å². The molecule has 0 bridgehead atoms. The molecule has 15 heavy (non-hydrogen) atoms. The van der Waals surface area contributed by atoms with Gasteiger partial charge in [-0.05, 0) is 44.4 Å². The Kier molecular flexibility index (Phi) is 2.01. The number of fused-ring (bicyclic) bond motifs is 1. The Balaban J connectivity index is 1.83. The predicted molar refractivity (Wildman–Crippen MR) is 60.4 cm³/mol. The van der Waals surface area contributed by atoms with Crippen molar-refractivity contribution in [3.05, 3.63) is 0 Å². The van der Waals surface area contributed by atoms with E-state index in [2.05, 4.69) is 15.5 Å². The normalized spacial score (nSPS) is 40.4. The second-order valence-electron chi connectivity index (χ2n) is 4.78. The zero-order valence-corrected chi connectivity index (χ0v) is 9.40. The van der Waals surface area contributed by atoms with Crippen molar-refractivity contribution < 1.29 is 4.79 Å². The van der Waals surface area contributed by atoms with Crippen molar-refractivity contribution in [1.82, 2.24) is 15.5 Å². The Morgan fingerprint density at radius 1 is 1.47 bits per heavy atom. The van der Waals surface area contributed by atoms with E-state index in [1.807, 2.05) is 0 Å². The molecule has 0 radical (unpaired) electrons. The summed E-state index contributed by atoms with van der Waals surface area (Å²) in [6, 6.07) is 0.581. The van der Waals surface area contributed by atoms with Gasteiger partial charge < -0.3 is 15.5 Å². The molecule has 2 N–H and O–H groups in total. The van der Waals surface area contributed by atoms with Gasteiger partial charge in [-0.2, -0.15) is 0 Å². The summed E-state index contributed by atoms with van der Waals surface area (Å²) >= 11 is 5.01. The van der Waals surface area contributed by atoms with Gasteiger partial charge in [-0.25, -0.2) is 0 Å². The highest BCUT2D eigenvalue weighted by Crippen LogP contribution is 2.34. The molecule has 0 aromatic carbocycles. The summed E-state index contributed by atoms with van der Waals surface area (Å²) in [5.41, 5.74) is -0.386. The van der Waals surface area contributed by atoms with Crippen LogP contribution in [0, 0.1) is 0 Å². The van der Waals surface area contributed by atoms with Gasteiger partial charge in [-0.3, -0.25) is 4.79 Å². The molecule has 1 spiro atoms. The van der Waals surface area contributed by atoms with Crippen LogP contribution in [0.3, 0.4) is 0 Å². The van der Waals surface area contributed by atoms with Crippen LogP contribution < -0.4 is 10.6 Å². The molecule has 2 atom stereocenters. The maximum absolute atomic E-state index is 11.9. The minimum absolute atomic E-state index is 0.0825. The summed E-state index contributed by atoms with van der Waals surface area (Å²) in [7, 11) is 0. The molecule has 2 unspecified atom stereocenters. The van der Waals surface area contributed by atoms with Crippen LogP contribution in [0.1, 0.15) is 25.7 Å². The maximum Gasteiger partial charge on any atom is 0.251 e. The molecule has 3 saturated heterocycles. The lowest BCUT2D eigenvalue weighted by Gasteiger charge is -2.39. The molecule has 3 rings (SSSR count). The van der Waals surface area contributed by atoms with Gasteiger partial charge in [0.15, 0.2) is 5.11 Å². The fraction of sp³-hybridized carbons (Fsp3) is 0.800. The van der Waals surface area contributed by atoms with Crippen molar-refractivity contribution in [2.75, 3.05) is 13.1 Å². The van der Waals surface area contributed by atoms with Crippen molar-refractivity contribution in [3.8, 4) is 0 Å². The molecule has 82 valence electrons. The van der Waals surface area contributed by atoms with Crippen LogP contribution in [0.15, 0.2) is 0 Å². The van der Waals surface area contributed by atoms with Gasteiger partial charge in [0.2, 0.25) is 0 Å². The van der Waals surface area contributed by atoms with Crippen LogP contribution in [0.25, 0.3) is 0 Å². The maximum atomic E-state index is 11.9. The van der Waals surface area contributed by atoms with Crippen LogP contribution in [-0.2, 0) is 4.79 Å². The number of amides is 1. The van der Waals surface area contributed by atoms with E-state index in [9.17, 15) is 4.79 Å². The smallest absolute Gasteiger partial charge is 0.251 e. The zero-order chi connectivity index (χ0) is 10.5. The molecule has 3 fully saturated rings. The highest BCUT2D eigenvalue weighted by atomic mass is 32.1. The van der Waals surface area contributed by atoms with Crippen molar-refractivity contribution in [2.24, 2.45) is 0 Å². The number of nitrogens with zero attached hydrogens (tertiary/aromatic N) is 1. The standard InChI is InChI=1S/C10H15N3OS/c14-8-10(12-9(15)11-8)3-5-13-4-1-2-7(13)6-10/h7H,1-6H2,(H2,11,12,14,15). The first-order valence-corrected chi connectivity index (χ1v) is 5.98. The molecule has 0 aromatic rings. The second-order valence-corrected chi connectivity index (χ2v) is 5.18. The molecule has 3 aliphatic heterocycles. The van der Waals surface area contributed by atoms with Crippen molar-refractivity contribution in [1.29, 1.82) is 0 Å². The lowest BCUT2D eigenvalue weighted by atomic mass is 9.83. The molecule has 3 aliphatic rings. The van der Waals surface area contributed by atoms with Gasteiger partial charge in [0.25, 0.3) is 5.91 Å². The SMILES string of the molecule is O=C1NC(=S)NC12CCN1CCCC1C2. The minimum atomic E-state index is -0.386. The van der Waals surface area contributed by atoms with Gasteiger partial charge >= 0.3 is 0 Å². The van der Waals surface area contributed by atoms with Crippen LogP contribution in [-0.4, -0.2) is 40.6 Å². The molecular weight excluding hydrogens is 210 g/mol. The van der Waals surface area contributed by atoms with E-state index in [0.717, 1.165) is 19.4 Å². The second kappa shape index (κ2) is 3.15. The lowest BCUT2D eigenvalue weighted by Crippen LogP contribution is -2.56. The lowest BCUT2D eigenvalue weighted by molar-refractivity contribution is -0.126. The average molecular weight is 225 g/mol. The largest absolute Gasteiger partial charge is 0.348 e. The fourth-order valence-corrected chi connectivity index (χ4v) is 3.40. The number of carbonyl (C=O) groups excluding carboxylic acids is 1. The fourth-order valence-electron chi connectivity index (χ4n) is 3.11. The summed E-state index contributed by atoms with van der Waals surface area (Å²) in [5.74, 6) is 0.0825. The summed E-state index contributed by atoms with van der Waals surface area (Å²) in [5, 5.41) is 6.40. The van der Waals surface area contributed by atoms with Gasteiger partial charge in [-0.15, -0.1) is 0 Å². The summed E-state index contributed by atoms with van der Waals surface area (Å²) in [6.45, 7) is 2.22. The summed E-state index contributed by atoms with van der Waals surface area (Å²) < 4.78 is 0. The molecule has 0 saturated carbocycles. The van der Waals surface area contributed by atoms with Crippen LogP contribution >= 0.6 is 12.2 Å². The Morgan fingerprint density at radius 3 is 3.07 bits per heavy atom. The Hall–Kier alpha value is -0.680. The van der Waals surface area contributed by atoms with Gasteiger partial charge in [0.05, 0.1) is 0 Å². The molecular formula is C10H15N3OS. The average Bonchev–Trinajstić information content (AvgIpc) is 2.72. The van der Waals surface area contributed by atoms with Crippen molar-refractivity contribution >= 4 is 23.2 Å². The van der Waals surface area contributed by atoms with E-state index >= 15 is 0 Å². The van der Waals surface area contributed by atoms with Gasteiger partial charge in [0.1, 0.15) is 5.54 Å². The van der Waals surface area contributed by atoms with Crippen LogP contribution in [0.2, 0.25) is 0 Å². The minimum Gasteiger partial charge on any atom is -0.348 e. The van der Waals surface area contributed by atoms with Crippen LogP contribution in [0.4, 0.5) is 0 Å². The number of piperidine rings is 1. The first-order chi connectivity index (χ1) is 7.20. The van der Waals surface area contributed by atoms with E-state index < -0.39 is 0 Å². The Bertz CT molecular complexity index is 333. The Labute approximate surface area is 94.4 Å². The summed E-state index contributed by atoms with van der Waals surface area (Å²) in [6.07, 6.45) is 4.30. The van der Waals surface area contributed by atoms with E-state index in [1.54, 1.807) is 0 Å². The number of carbonyl (C=O) groups is 1. The van der Waals surface area contributed by atoms with E-state index in [1.165, 1.54) is 19.4 Å². The number of hydrogen-bond donors (Lipinski definition) is 2. The zero-order valence-electron chi connectivity index (χ0n) is 8.58. The summed E-state index contributed by atoms with van der Waals surface area (Å²) in [4.78, 5) is 14.4. The third kappa shape index (κ3) is 1.37. The van der Waals surface area contributed by atoms with E-state index in [4.69, 9.17) is 12.2 Å². The number of hydrogen-bond acceptors (Lipinski definition) is 3. The molecule has 4 nitrogen and oxygen atoms in total. The third-order valence-corrected chi connectivity index (χ3v) is 4.13. The van der Waals surface area contributed by atoms with Crippen LogP contribution in [0.5, 0.6) is 0 Å². The van der Waals surface area contributed by atoms with E-state index in [-0.39, 0.29) is 11.4 Å². The molecule has 0 aliphatic carbocycles. The van der Waals surface area contributed by atoms with Gasteiger partial charge in [-0.1, -0.05) is 0 Å². The number of thiocarbonyl (C=S) groups is 1. The topological polar surface area (TPSA) is 44.4 Å². The van der Waals surface area contributed by atoms with Crippen molar-refractivity contribution in [3.63, 3.8) is 0 Å². The molecule has 5 heteroatoms. The Morgan fingerprint density at radius 2 is 2.33 bits per heavy atom. The first-order valence-electron chi connectivity index (χ1n) is 5.57. The van der Waals surface area contributed by atoms with Crippen molar-refractivity contribution in [2.45, 2.75) is 37.3 Å². The predicted octanol–water partition coefficient (Wildman–Crippen LogP) is -0.0123. The molecule has 1 amide bonds. The van der Waals surface area contributed by atoms with E-state index in [0.29, 0.717) is 11.2 Å². The quantitative estimate of drug-likeness (QED) is 0.569. The highest BCUT2D eigenvalue weighted by molar-refractivity contribution is 7.80. The number of nitrogens with one attached hydrogen (secondary N) is 2. The molecule has 0 aromatic heterocycles. The molecule has 3 heterocycles. The third-order valence-electron chi connectivity index (χ3n) is 3.92. The first kappa shape index (κ1) is 9.54. The monoisotopic (exact) mass is 225 g/mol. The number of rotatable bonds is 0. The highest BCUT2D eigenvalue weighted by Gasteiger charge is 2.50.